The molecule has 0 saturated carbocycles. The lowest BCUT2D eigenvalue weighted by molar-refractivity contribution is 0.497. The average Bonchev–Trinajstić information content (AvgIpc) is 2.26. The SMILES string of the molecule is CC(C)C(C)N(C)c1ccc(C#N)cc1F. The van der Waals surface area contributed by atoms with Crippen molar-refractivity contribution in [2.45, 2.75) is 26.8 Å². The molecule has 2 nitrogen and oxygen atoms in total. The number of anilines is 1. The summed E-state index contributed by atoms with van der Waals surface area (Å²) in [6, 6.07) is 6.76. The smallest absolute Gasteiger partial charge is 0.147 e. The molecule has 1 atom stereocenters. The molecule has 0 N–H and O–H groups in total. The molecule has 86 valence electrons. The van der Waals surface area contributed by atoms with Gasteiger partial charge in [-0.25, -0.2) is 4.39 Å². The first-order chi connectivity index (χ1) is 7.47. The first-order valence-electron chi connectivity index (χ1n) is 5.40. The Hall–Kier alpha value is -1.56. The van der Waals surface area contributed by atoms with Crippen molar-refractivity contribution in [1.29, 1.82) is 5.26 Å². The average molecular weight is 220 g/mol. The predicted octanol–water partition coefficient (Wildman–Crippen LogP) is 3.18. The van der Waals surface area contributed by atoms with Crippen LogP contribution in [-0.4, -0.2) is 13.1 Å². The quantitative estimate of drug-likeness (QED) is 0.782. The molecule has 16 heavy (non-hydrogen) atoms. The molecular formula is C13H17FN2. The number of rotatable bonds is 3. The van der Waals surface area contributed by atoms with Crippen LogP contribution in [0.1, 0.15) is 26.3 Å². The Balaban J connectivity index is 3.01. The van der Waals surface area contributed by atoms with Gasteiger partial charge in [0, 0.05) is 13.1 Å². The zero-order valence-electron chi connectivity index (χ0n) is 10.2. The second-order valence-corrected chi connectivity index (χ2v) is 4.37. The predicted molar refractivity (Wildman–Crippen MR) is 63.8 cm³/mol. The van der Waals surface area contributed by atoms with Crippen LogP contribution in [0.2, 0.25) is 0 Å². The fourth-order valence-electron chi connectivity index (χ4n) is 1.53. The van der Waals surface area contributed by atoms with Gasteiger partial charge in [-0.2, -0.15) is 5.26 Å². The third-order valence-electron chi connectivity index (χ3n) is 3.03. The maximum Gasteiger partial charge on any atom is 0.147 e. The van der Waals surface area contributed by atoms with Gasteiger partial charge in [0.2, 0.25) is 0 Å². The van der Waals surface area contributed by atoms with Gasteiger partial charge < -0.3 is 4.90 Å². The molecular weight excluding hydrogens is 203 g/mol. The van der Waals surface area contributed by atoms with Crippen molar-refractivity contribution >= 4 is 5.69 Å². The van der Waals surface area contributed by atoms with Gasteiger partial charge >= 0.3 is 0 Å². The van der Waals surface area contributed by atoms with Crippen LogP contribution in [-0.2, 0) is 0 Å². The largest absolute Gasteiger partial charge is 0.369 e. The van der Waals surface area contributed by atoms with E-state index >= 15 is 0 Å². The lowest BCUT2D eigenvalue weighted by Gasteiger charge is -2.30. The third kappa shape index (κ3) is 2.52. The van der Waals surface area contributed by atoms with Crippen molar-refractivity contribution in [2.75, 3.05) is 11.9 Å². The van der Waals surface area contributed by atoms with E-state index in [0.29, 0.717) is 17.2 Å². The number of benzene rings is 1. The van der Waals surface area contributed by atoms with Gasteiger partial charge in [-0.1, -0.05) is 13.8 Å². The van der Waals surface area contributed by atoms with Crippen LogP contribution >= 0.6 is 0 Å². The molecule has 0 spiro atoms. The second kappa shape index (κ2) is 4.98. The highest BCUT2D eigenvalue weighted by Gasteiger charge is 2.16. The number of halogens is 1. The van der Waals surface area contributed by atoms with Crippen molar-refractivity contribution in [2.24, 2.45) is 5.92 Å². The van der Waals surface area contributed by atoms with Crippen LogP contribution in [0.4, 0.5) is 10.1 Å². The van der Waals surface area contributed by atoms with E-state index in [1.807, 2.05) is 18.0 Å². The van der Waals surface area contributed by atoms with Crippen LogP contribution in [0.3, 0.4) is 0 Å². The van der Waals surface area contributed by atoms with Crippen molar-refractivity contribution in [3.63, 3.8) is 0 Å². The van der Waals surface area contributed by atoms with Crippen LogP contribution < -0.4 is 4.90 Å². The molecule has 0 bridgehead atoms. The highest BCUT2D eigenvalue weighted by molar-refractivity contribution is 5.51. The summed E-state index contributed by atoms with van der Waals surface area (Å²) in [5, 5.41) is 8.66. The normalized spacial score (nSPS) is 12.3. The van der Waals surface area contributed by atoms with E-state index in [2.05, 4.69) is 20.8 Å². The fraction of sp³-hybridized carbons (Fsp3) is 0.462. The lowest BCUT2D eigenvalue weighted by atomic mass is 10.0. The van der Waals surface area contributed by atoms with Gasteiger partial charge in [-0.05, 0) is 31.0 Å². The Morgan fingerprint density at radius 1 is 1.31 bits per heavy atom. The summed E-state index contributed by atoms with van der Waals surface area (Å²) in [6.45, 7) is 6.26. The van der Waals surface area contributed by atoms with E-state index in [-0.39, 0.29) is 11.9 Å². The maximum absolute atomic E-state index is 13.7. The summed E-state index contributed by atoms with van der Waals surface area (Å²) in [5.74, 6) is 0.106. The third-order valence-corrected chi connectivity index (χ3v) is 3.03. The van der Waals surface area contributed by atoms with E-state index in [1.54, 1.807) is 12.1 Å². The van der Waals surface area contributed by atoms with Crippen molar-refractivity contribution in [3.05, 3.63) is 29.6 Å². The minimum absolute atomic E-state index is 0.252. The number of nitrogens with zero attached hydrogens (tertiary/aromatic N) is 2. The van der Waals surface area contributed by atoms with Gasteiger partial charge in [0.05, 0.1) is 17.3 Å². The summed E-state index contributed by atoms with van der Waals surface area (Å²) in [5.41, 5.74) is 0.895. The van der Waals surface area contributed by atoms with Gasteiger partial charge in [-0.3, -0.25) is 0 Å². The van der Waals surface area contributed by atoms with Crippen molar-refractivity contribution in [1.82, 2.24) is 0 Å². The molecule has 0 saturated heterocycles. The molecule has 0 radical (unpaired) electrons. The van der Waals surface area contributed by atoms with Crippen molar-refractivity contribution in [3.8, 4) is 6.07 Å². The fourth-order valence-corrected chi connectivity index (χ4v) is 1.53. The molecule has 0 aromatic heterocycles. The van der Waals surface area contributed by atoms with Crippen molar-refractivity contribution < 1.29 is 4.39 Å². The first kappa shape index (κ1) is 12.5. The van der Waals surface area contributed by atoms with Gasteiger partial charge in [0.25, 0.3) is 0 Å². The topological polar surface area (TPSA) is 27.0 Å². The van der Waals surface area contributed by atoms with Gasteiger partial charge in [0.1, 0.15) is 5.82 Å². The zero-order chi connectivity index (χ0) is 12.3. The van der Waals surface area contributed by atoms with Gasteiger partial charge in [-0.15, -0.1) is 0 Å². The molecule has 0 amide bonds. The first-order valence-corrected chi connectivity index (χ1v) is 5.40. The van der Waals surface area contributed by atoms with Crippen LogP contribution in [0.25, 0.3) is 0 Å². The minimum atomic E-state index is -0.339. The zero-order valence-corrected chi connectivity index (χ0v) is 10.2. The molecule has 0 aliphatic heterocycles. The molecule has 0 fully saturated rings. The van der Waals surface area contributed by atoms with Gasteiger partial charge in [0.15, 0.2) is 0 Å². The van der Waals surface area contributed by atoms with E-state index in [1.165, 1.54) is 6.07 Å². The van der Waals surface area contributed by atoms with E-state index < -0.39 is 0 Å². The van der Waals surface area contributed by atoms with Crippen LogP contribution in [0, 0.1) is 23.1 Å². The molecule has 1 aromatic carbocycles. The molecule has 1 unspecified atom stereocenters. The Kier molecular flexibility index (Phi) is 3.89. The van der Waals surface area contributed by atoms with E-state index in [9.17, 15) is 4.39 Å². The highest BCUT2D eigenvalue weighted by atomic mass is 19.1. The Morgan fingerprint density at radius 3 is 2.38 bits per heavy atom. The molecule has 1 rings (SSSR count). The molecule has 3 heteroatoms. The minimum Gasteiger partial charge on any atom is -0.369 e. The summed E-state index contributed by atoms with van der Waals surface area (Å²) in [4.78, 5) is 1.90. The number of nitriles is 1. The standard InChI is InChI=1S/C13H17FN2/c1-9(2)10(3)16(4)13-6-5-11(8-15)7-12(13)14/h5-7,9-10H,1-4H3. The lowest BCUT2D eigenvalue weighted by Crippen LogP contribution is -2.33. The summed E-state index contributed by atoms with van der Waals surface area (Å²) in [6.07, 6.45) is 0. The molecule has 0 aliphatic rings. The van der Waals surface area contributed by atoms with E-state index in [4.69, 9.17) is 5.26 Å². The Morgan fingerprint density at radius 2 is 1.94 bits per heavy atom. The Bertz CT molecular complexity index is 407. The molecule has 0 aliphatic carbocycles. The summed E-state index contributed by atoms with van der Waals surface area (Å²) >= 11 is 0. The second-order valence-electron chi connectivity index (χ2n) is 4.37. The maximum atomic E-state index is 13.7. The number of hydrogen-bond donors (Lipinski definition) is 0. The van der Waals surface area contributed by atoms with Crippen LogP contribution in [0.15, 0.2) is 18.2 Å². The summed E-state index contributed by atoms with van der Waals surface area (Å²) < 4.78 is 13.7. The molecule has 0 heterocycles. The highest BCUT2D eigenvalue weighted by Crippen LogP contribution is 2.23. The number of hydrogen-bond acceptors (Lipinski definition) is 2. The van der Waals surface area contributed by atoms with Crippen LogP contribution in [0.5, 0.6) is 0 Å². The monoisotopic (exact) mass is 220 g/mol. The molecule has 1 aromatic rings. The van der Waals surface area contributed by atoms with E-state index in [0.717, 1.165) is 0 Å². The Labute approximate surface area is 96.3 Å². The summed E-state index contributed by atoms with van der Waals surface area (Å²) in [7, 11) is 1.87.